The van der Waals surface area contributed by atoms with Crippen molar-refractivity contribution >= 4 is 32.9 Å². The van der Waals surface area contributed by atoms with E-state index in [-0.39, 0.29) is 5.91 Å². The van der Waals surface area contributed by atoms with Gasteiger partial charge in [0.05, 0.1) is 15.4 Å². The van der Waals surface area contributed by atoms with E-state index in [0.29, 0.717) is 6.54 Å². The Bertz CT molecular complexity index is 598. The Kier molecular flexibility index (Phi) is 3.94. The van der Waals surface area contributed by atoms with E-state index >= 15 is 0 Å². The summed E-state index contributed by atoms with van der Waals surface area (Å²) in [7, 11) is 0. The molecule has 0 saturated heterocycles. The molecule has 0 atom stereocenters. The van der Waals surface area contributed by atoms with Crippen LogP contribution in [0.15, 0.2) is 24.3 Å². The third kappa shape index (κ3) is 3.15. The summed E-state index contributed by atoms with van der Waals surface area (Å²) in [6, 6.07) is 8.03. The minimum absolute atomic E-state index is 0.00502. The summed E-state index contributed by atoms with van der Waals surface area (Å²) in [4.78, 5) is 16.3. The van der Waals surface area contributed by atoms with Crippen molar-refractivity contribution in [2.75, 3.05) is 6.54 Å². The second-order valence-corrected chi connectivity index (χ2v) is 7.01. The highest BCUT2D eigenvalue weighted by molar-refractivity contribution is 9.10. The summed E-state index contributed by atoms with van der Waals surface area (Å²) < 4.78 is 1.59. The summed E-state index contributed by atoms with van der Waals surface area (Å²) in [5.41, 5.74) is 2.10. The molecule has 5 heteroatoms. The van der Waals surface area contributed by atoms with Crippen LogP contribution in [-0.2, 0) is 11.3 Å². The average Bonchev–Trinajstić information content (AvgIpc) is 2.64. The maximum absolute atomic E-state index is 11.8. The molecule has 102 valence electrons. The number of carbonyl (C=O) groups excluding carboxylic acids is 1. The van der Waals surface area contributed by atoms with E-state index in [4.69, 9.17) is 0 Å². The Morgan fingerprint density at radius 1 is 1.42 bits per heavy atom. The van der Waals surface area contributed by atoms with Gasteiger partial charge in [0.2, 0.25) is 5.91 Å². The summed E-state index contributed by atoms with van der Waals surface area (Å²) in [5, 5.41) is 2.92. The maximum atomic E-state index is 11.8. The van der Waals surface area contributed by atoms with Gasteiger partial charge in [0.25, 0.3) is 0 Å². The second kappa shape index (κ2) is 5.33. The van der Waals surface area contributed by atoms with Crippen molar-refractivity contribution in [3.63, 3.8) is 0 Å². The first-order chi connectivity index (χ1) is 8.89. The van der Waals surface area contributed by atoms with Crippen molar-refractivity contribution in [3.05, 3.63) is 30.1 Å². The average molecular weight is 324 g/mol. The molecule has 1 heterocycles. The first-order valence-corrected chi connectivity index (χ1v) is 7.08. The lowest BCUT2D eigenvalue weighted by Crippen LogP contribution is -2.39. The molecular weight excluding hydrogens is 306 g/mol. The summed E-state index contributed by atoms with van der Waals surface area (Å²) in [6.45, 7) is 6.97. The van der Waals surface area contributed by atoms with Gasteiger partial charge in [0.15, 0.2) is 0 Å². The van der Waals surface area contributed by atoms with E-state index in [1.165, 1.54) is 0 Å². The number of halogens is 1. The number of aromatic nitrogens is 2. The number of amides is 1. The number of rotatable bonds is 4. The van der Waals surface area contributed by atoms with Crippen LogP contribution in [0.5, 0.6) is 0 Å². The molecule has 2 aromatic rings. The monoisotopic (exact) mass is 323 g/mol. The number of imidazole rings is 1. The Hall–Kier alpha value is -1.36. The van der Waals surface area contributed by atoms with Crippen molar-refractivity contribution < 1.29 is 4.79 Å². The van der Waals surface area contributed by atoms with Gasteiger partial charge in [0.1, 0.15) is 5.82 Å². The van der Waals surface area contributed by atoms with E-state index in [1.54, 1.807) is 0 Å². The lowest BCUT2D eigenvalue weighted by atomic mass is 10.2. The van der Waals surface area contributed by atoms with Crippen LogP contribution >= 0.6 is 15.9 Å². The van der Waals surface area contributed by atoms with Crippen molar-refractivity contribution in [1.29, 1.82) is 0 Å². The first-order valence-electron chi connectivity index (χ1n) is 6.28. The molecule has 2 rings (SSSR count). The molecule has 0 aliphatic carbocycles. The van der Waals surface area contributed by atoms with Crippen LogP contribution < -0.4 is 5.32 Å². The quantitative estimate of drug-likeness (QED) is 0.879. The molecular formula is C14H18BrN3O. The molecule has 0 saturated carbocycles. The fraction of sp³-hybridized carbons (Fsp3) is 0.429. The normalized spacial score (nSPS) is 11.8. The number of para-hydroxylation sites is 2. The van der Waals surface area contributed by atoms with Crippen LogP contribution in [-0.4, -0.2) is 26.3 Å². The molecule has 0 aliphatic rings. The van der Waals surface area contributed by atoms with Crippen molar-refractivity contribution in [1.82, 2.24) is 14.9 Å². The van der Waals surface area contributed by atoms with Gasteiger partial charge >= 0.3 is 0 Å². The number of fused-ring (bicyclic) bond motifs is 1. The lowest BCUT2D eigenvalue weighted by Gasteiger charge is -2.16. The van der Waals surface area contributed by atoms with E-state index in [0.717, 1.165) is 23.4 Å². The SMILES string of the molecule is Cc1nc2ccccc2n1CCNC(=O)C(C)(C)Br. The fourth-order valence-corrected chi connectivity index (χ4v) is 2.11. The van der Waals surface area contributed by atoms with Crippen LogP contribution in [0.3, 0.4) is 0 Å². The number of benzene rings is 1. The molecule has 1 aromatic heterocycles. The number of nitrogens with one attached hydrogen (secondary N) is 1. The van der Waals surface area contributed by atoms with Gasteiger partial charge in [-0.15, -0.1) is 0 Å². The molecule has 0 bridgehead atoms. The van der Waals surface area contributed by atoms with Gasteiger partial charge in [-0.05, 0) is 32.9 Å². The van der Waals surface area contributed by atoms with Gasteiger partial charge in [-0.2, -0.15) is 0 Å². The van der Waals surface area contributed by atoms with Crippen LogP contribution in [0.25, 0.3) is 11.0 Å². The molecule has 0 fully saturated rings. The molecule has 0 aliphatic heterocycles. The predicted molar refractivity (Wildman–Crippen MR) is 80.5 cm³/mol. The second-order valence-electron chi connectivity index (χ2n) is 5.03. The zero-order valence-corrected chi connectivity index (χ0v) is 13.0. The molecule has 1 amide bonds. The topological polar surface area (TPSA) is 46.9 Å². The number of aryl methyl sites for hydroxylation is 1. The minimum atomic E-state index is -0.529. The largest absolute Gasteiger partial charge is 0.353 e. The Labute approximate surface area is 121 Å². The minimum Gasteiger partial charge on any atom is -0.353 e. The van der Waals surface area contributed by atoms with Crippen LogP contribution in [0.2, 0.25) is 0 Å². The van der Waals surface area contributed by atoms with Crippen molar-refractivity contribution in [2.45, 2.75) is 31.6 Å². The maximum Gasteiger partial charge on any atom is 0.236 e. The zero-order valence-electron chi connectivity index (χ0n) is 11.4. The van der Waals surface area contributed by atoms with E-state index < -0.39 is 4.32 Å². The summed E-state index contributed by atoms with van der Waals surface area (Å²) in [6.07, 6.45) is 0. The smallest absolute Gasteiger partial charge is 0.236 e. The van der Waals surface area contributed by atoms with Crippen molar-refractivity contribution in [3.8, 4) is 0 Å². The van der Waals surface area contributed by atoms with Gasteiger partial charge in [0, 0.05) is 13.1 Å². The molecule has 0 spiro atoms. The predicted octanol–water partition coefficient (Wildman–Crippen LogP) is 2.63. The van der Waals surface area contributed by atoms with Gasteiger partial charge in [-0.25, -0.2) is 4.98 Å². The molecule has 4 nitrogen and oxygen atoms in total. The van der Waals surface area contributed by atoms with Crippen LogP contribution in [0, 0.1) is 6.92 Å². The third-order valence-corrected chi connectivity index (χ3v) is 3.37. The number of carbonyl (C=O) groups is 1. The van der Waals surface area contributed by atoms with Crippen LogP contribution in [0.4, 0.5) is 0 Å². The first kappa shape index (κ1) is 14.1. The Balaban J connectivity index is 2.06. The van der Waals surface area contributed by atoms with E-state index in [1.807, 2.05) is 45.0 Å². The lowest BCUT2D eigenvalue weighted by molar-refractivity contribution is -0.122. The van der Waals surface area contributed by atoms with Gasteiger partial charge in [-0.1, -0.05) is 28.1 Å². The highest BCUT2D eigenvalue weighted by Crippen LogP contribution is 2.16. The van der Waals surface area contributed by atoms with E-state index in [9.17, 15) is 4.79 Å². The summed E-state index contributed by atoms with van der Waals surface area (Å²) >= 11 is 3.35. The number of hydrogen-bond donors (Lipinski definition) is 1. The molecule has 0 unspecified atom stereocenters. The molecule has 0 radical (unpaired) electrons. The molecule has 1 aromatic carbocycles. The highest BCUT2D eigenvalue weighted by atomic mass is 79.9. The van der Waals surface area contributed by atoms with E-state index in [2.05, 4.69) is 30.8 Å². The molecule has 19 heavy (non-hydrogen) atoms. The number of hydrogen-bond acceptors (Lipinski definition) is 2. The molecule has 1 N–H and O–H groups in total. The third-order valence-electron chi connectivity index (χ3n) is 3.01. The summed E-state index contributed by atoms with van der Waals surface area (Å²) in [5.74, 6) is 0.961. The van der Waals surface area contributed by atoms with Crippen LogP contribution in [0.1, 0.15) is 19.7 Å². The Morgan fingerprint density at radius 3 is 2.79 bits per heavy atom. The number of alkyl halides is 1. The highest BCUT2D eigenvalue weighted by Gasteiger charge is 2.22. The Morgan fingerprint density at radius 2 is 2.11 bits per heavy atom. The fourth-order valence-electron chi connectivity index (χ4n) is 1.97. The zero-order chi connectivity index (χ0) is 14.0. The van der Waals surface area contributed by atoms with Crippen molar-refractivity contribution in [2.24, 2.45) is 0 Å². The standard InChI is InChI=1S/C14H18BrN3O/c1-10-17-11-6-4-5-7-12(11)18(10)9-8-16-13(19)14(2,3)15/h4-7H,8-9H2,1-3H3,(H,16,19). The number of nitrogens with zero attached hydrogens (tertiary/aromatic N) is 2. The van der Waals surface area contributed by atoms with Gasteiger partial charge in [-0.3, -0.25) is 4.79 Å². The van der Waals surface area contributed by atoms with Gasteiger partial charge < -0.3 is 9.88 Å².